The number of aliphatic carboxylic acids is 1. The molecular formula is C13H24ClNO4. The van der Waals surface area contributed by atoms with Crippen LogP contribution in [0.25, 0.3) is 0 Å². The van der Waals surface area contributed by atoms with Crippen molar-refractivity contribution in [2.75, 3.05) is 27.7 Å². The predicted molar refractivity (Wildman–Crippen MR) is 69.1 cm³/mol. The Kier molecular flexibility index (Phi) is 10.5. The van der Waals surface area contributed by atoms with Crippen LogP contribution in [-0.2, 0) is 14.3 Å². The molecule has 0 spiro atoms. The highest BCUT2D eigenvalue weighted by atomic mass is 35.5. The normalized spacial score (nSPS) is 12.8. The molecule has 0 radical (unpaired) electrons. The Hall–Kier alpha value is -1.07. The van der Waals surface area contributed by atoms with Crippen molar-refractivity contribution < 1.29 is 36.3 Å². The Morgan fingerprint density at radius 1 is 1.32 bits per heavy atom. The van der Waals surface area contributed by atoms with Gasteiger partial charge >= 0.3 is 11.9 Å². The first-order valence-electron chi connectivity index (χ1n) is 6.14. The van der Waals surface area contributed by atoms with Crippen LogP contribution in [0, 0.1) is 0 Å². The van der Waals surface area contributed by atoms with Gasteiger partial charge in [-0.05, 0) is 6.42 Å². The van der Waals surface area contributed by atoms with Gasteiger partial charge in [0.05, 0.1) is 27.6 Å². The molecule has 0 aromatic rings. The van der Waals surface area contributed by atoms with E-state index in [0.29, 0.717) is 11.0 Å². The number of esters is 1. The fraction of sp³-hybridized carbons (Fsp3) is 0.692. The summed E-state index contributed by atoms with van der Waals surface area (Å²) in [6, 6.07) is 0. The number of quaternary nitrogens is 1. The number of rotatable bonds is 8. The van der Waals surface area contributed by atoms with Crippen LogP contribution in [0.4, 0.5) is 0 Å². The molecule has 0 aromatic carbocycles. The van der Waals surface area contributed by atoms with Crippen LogP contribution in [0.15, 0.2) is 12.2 Å². The van der Waals surface area contributed by atoms with Gasteiger partial charge in [0, 0.05) is 6.08 Å². The average molecular weight is 294 g/mol. The third-order valence-corrected chi connectivity index (χ3v) is 2.15. The fourth-order valence-electron chi connectivity index (χ4n) is 1.50. The maximum Gasteiger partial charge on any atom is 0.330 e. The van der Waals surface area contributed by atoms with Crippen molar-refractivity contribution >= 4 is 11.9 Å². The van der Waals surface area contributed by atoms with Crippen molar-refractivity contribution in [2.24, 2.45) is 0 Å². The summed E-state index contributed by atoms with van der Waals surface area (Å²) in [7, 11) is 5.78. The second kappa shape index (κ2) is 9.81. The topological polar surface area (TPSA) is 63.6 Å². The second-order valence-electron chi connectivity index (χ2n) is 5.32. The molecule has 0 saturated heterocycles. The number of ether oxygens (including phenoxy) is 1. The molecule has 5 nitrogen and oxygen atoms in total. The molecular weight excluding hydrogens is 270 g/mol. The van der Waals surface area contributed by atoms with E-state index in [1.807, 2.05) is 28.1 Å². The van der Waals surface area contributed by atoms with E-state index >= 15 is 0 Å². The van der Waals surface area contributed by atoms with Gasteiger partial charge in [0.2, 0.25) is 0 Å². The fourth-order valence-corrected chi connectivity index (χ4v) is 1.50. The number of unbranched alkanes of at least 4 members (excludes halogenated alkanes) is 1. The van der Waals surface area contributed by atoms with Gasteiger partial charge < -0.3 is 26.7 Å². The number of carboxylic acid groups (broad SMARTS) is 1. The number of allylic oxidation sites excluding steroid dienone is 1. The maximum atomic E-state index is 11.5. The van der Waals surface area contributed by atoms with Crippen LogP contribution < -0.4 is 12.4 Å². The first kappa shape index (κ1) is 20.3. The minimum Gasteiger partial charge on any atom is -1.00 e. The lowest BCUT2D eigenvalue weighted by atomic mass is 10.2. The van der Waals surface area contributed by atoms with Crippen LogP contribution in [-0.4, -0.2) is 55.3 Å². The molecule has 6 heteroatoms. The summed E-state index contributed by atoms with van der Waals surface area (Å²) in [5, 5.41) is 8.79. The highest BCUT2D eigenvalue weighted by Crippen LogP contribution is 2.06. The molecule has 0 fully saturated rings. The Labute approximate surface area is 121 Å². The molecule has 0 heterocycles. The van der Waals surface area contributed by atoms with Crippen molar-refractivity contribution in [2.45, 2.75) is 32.3 Å². The van der Waals surface area contributed by atoms with E-state index in [1.165, 1.54) is 6.08 Å². The number of likely N-dealkylation sites (N-methyl/N-ethyl adjacent to an activating group) is 1. The molecule has 0 bridgehead atoms. The molecule has 0 aliphatic rings. The molecule has 0 rings (SSSR count). The zero-order valence-electron chi connectivity index (χ0n) is 12.1. The predicted octanol–water partition coefficient (Wildman–Crippen LogP) is -1.56. The minimum atomic E-state index is -0.959. The van der Waals surface area contributed by atoms with Gasteiger partial charge in [0.1, 0.15) is 6.54 Å². The number of carboxylic acids is 1. The zero-order chi connectivity index (χ0) is 14.2. The van der Waals surface area contributed by atoms with E-state index in [0.717, 1.165) is 12.8 Å². The highest BCUT2D eigenvalue weighted by Gasteiger charge is 2.23. The summed E-state index contributed by atoms with van der Waals surface area (Å²) >= 11 is 0. The number of halogens is 1. The van der Waals surface area contributed by atoms with Gasteiger partial charge in [-0.1, -0.05) is 19.4 Å². The summed E-state index contributed by atoms with van der Waals surface area (Å²) in [5.41, 5.74) is 0. The van der Waals surface area contributed by atoms with Gasteiger partial charge in [-0.25, -0.2) is 4.79 Å². The van der Waals surface area contributed by atoms with E-state index in [1.54, 1.807) is 6.08 Å². The molecule has 112 valence electrons. The molecule has 0 aromatic heterocycles. The van der Waals surface area contributed by atoms with Crippen molar-refractivity contribution in [3.8, 4) is 0 Å². The van der Waals surface area contributed by atoms with Crippen LogP contribution in [0.1, 0.15) is 26.2 Å². The van der Waals surface area contributed by atoms with E-state index in [-0.39, 0.29) is 18.8 Å². The molecule has 0 aliphatic heterocycles. The molecule has 0 aliphatic carbocycles. The lowest BCUT2D eigenvalue weighted by Crippen LogP contribution is -3.00. The molecule has 1 atom stereocenters. The third-order valence-electron chi connectivity index (χ3n) is 2.15. The number of carbonyl (C=O) groups is 2. The van der Waals surface area contributed by atoms with Gasteiger partial charge in [0.15, 0.2) is 6.10 Å². The Balaban J connectivity index is 0. The van der Waals surface area contributed by atoms with E-state index in [9.17, 15) is 9.59 Å². The maximum absolute atomic E-state index is 11.5. The molecule has 1 N–H and O–H groups in total. The van der Waals surface area contributed by atoms with Gasteiger partial charge in [-0.15, -0.1) is 0 Å². The second-order valence-corrected chi connectivity index (χ2v) is 5.32. The van der Waals surface area contributed by atoms with Crippen molar-refractivity contribution in [1.82, 2.24) is 0 Å². The van der Waals surface area contributed by atoms with Crippen LogP contribution >= 0.6 is 0 Å². The Morgan fingerprint density at radius 3 is 2.32 bits per heavy atom. The largest absolute Gasteiger partial charge is 1.00 e. The van der Waals surface area contributed by atoms with E-state index in [2.05, 4.69) is 0 Å². The monoisotopic (exact) mass is 293 g/mol. The third kappa shape index (κ3) is 13.2. The minimum absolute atomic E-state index is 0. The smallest absolute Gasteiger partial charge is 0.330 e. The zero-order valence-corrected chi connectivity index (χ0v) is 12.8. The summed E-state index contributed by atoms with van der Waals surface area (Å²) in [6.07, 6.45) is 4.12. The van der Waals surface area contributed by atoms with Crippen molar-refractivity contribution in [1.29, 1.82) is 0 Å². The number of nitrogens with zero attached hydrogens (tertiary/aromatic N) is 1. The standard InChI is InChI=1S/C13H23NO4.ClH/c1-5-6-7-8-13(17)18-11(9-12(15)16)10-14(2,3)4;/h7-8,11H,5-6,9-10H2,1-4H3;1H/b8-7+;. The van der Waals surface area contributed by atoms with Crippen molar-refractivity contribution in [3.05, 3.63) is 12.2 Å². The molecule has 0 saturated carbocycles. The SMILES string of the molecule is CCC/C=C/C(=O)OC(CC(=O)O)C[N+](C)(C)C.[Cl-]. The summed E-state index contributed by atoms with van der Waals surface area (Å²) in [5.74, 6) is -1.43. The average Bonchev–Trinajstić information content (AvgIpc) is 2.13. The lowest BCUT2D eigenvalue weighted by Gasteiger charge is -2.28. The lowest BCUT2D eigenvalue weighted by molar-refractivity contribution is -0.873. The molecule has 19 heavy (non-hydrogen) atoms. The van der Waals surface area contributed by atoms with Gasteiger partial charge in [-0.3, -0.25) is 4.79 Å². The van der Waals surface area contributed by atoms with Gasteiger partial charge in [-0.2, -0.15) is 0 Å². The number of hydrogen-bond acceptors (Lipinski definition) is 3. The van der Waals surface area contributed by atoms with Crippen molar-refractivity contribution in [3.63, 3.8) is 0 Å². The Morgan fingerprint density at radius 2 is 1.89 bits per heavy atom. The Bertz CT molecular complexity index is 310. The van der Waals surface area contributed by atoms with Crippen LogP contribution in [0.2, 0.25) is 0 Å². The van der Waals surface area contributed by atoms with E-state index < -0.39 is 18.0 Å². The summed E-state index contributed by atoms with van der Waals surface area (Å²) in [4.78, 5) is 22.2. The number of carbonyl (C=O) groups excluding carboxylic acids is 1. The highest BCUT2D eigenvalue weighted by molar-refractivity contribution is 5.82. The molecule has 1 unspecified atom stereocenters. The van der Waals surface area contributed by atoms with Crippen LogP contribution in [0.5, 0.6) is 0 Å². The van der Waals surface area contributed by atoms with Gasteiger partial charge in [0.25, 0.3) is 0 Å². The number of hydrogen-bond donors (Lipinski definition) is 1. The van der Waals surface area contributed by atoms with Crippen LogP contribution in [0.3, 0.4) is 0 Å². The summed E-state index contributed by atoms with van der Waals surface area (Å²) < 4.78 is 5.71. The molecule has 0 amide bonds. The van der Waals surface area contributed by atoms with E-state index in [4.69, 9.17) is 9.84 Å². The first-order valence-corrected chi connectivity index (χ1v) is 6.14. The summed E-state index contributed by atoms with van der Waals surface area (Å²) in [6.45, 7) is 2.49. The quantitative estimate of drug-likeness (QED) is 0.334. The first-order chi connectivity index (χ1) is 8.24.